The predicted molar refractivity (Wildman–Crippen MR) is 79.5 cm³/mol. The number of hydrogen-bond donors (Lipinski definition) is 1. The van der Waals surface area contributed by atoms with Crippen LogP contribution in [0.1, 0.15) is 48.2 Å². The Balaban J connectivity index is 2.04. The Morgan fingerprint density at radius 3 is 2.65 bits per heavy atom. The molecular formula is C15H21NO3S. The summed E-state index contributed by atoms with van der Waals surface area (Å²) in [5.74, 6) is 0.231. The van der Waals surface area contributed by atoms with Crippen LogP contribution in [0.25, 0.3) is 0 Å². The first-order chi connectivity index (χ1) is 9.41. The summed E-state index contributed by atoms with van der Waals surface area (Å²) in [4.78, 5) is 11.4. The second-order valence-electron chi connectivity index (χ2n) is 5.44. The highest BCUT2D eigenvalue weighted by Gasteiger charge is 2.25. The average molecular weight is 295 g/mol. The lowest BCUT2D eigenvalue weighted by molar-refractivity contribution is 0.101. The number of unbranched alkanes of at least 4 members (excludes halogenated alkanes) is 1. The van der Waals surface area contributed by atoms with Crippen LogP contribution in [0.3, 0.4) is 0 Å². The van der Waals surface area contributed by atoms with E-state index in [0.717, 1.165) is 17.5 Å². The molecule has 2 rings (SSSR count). The zero-order valence-corrected chi connectivity index (χ0v) is 12.8. The fraction of sp³-hybridized carbons (Fsp3) is 0.533. The van der Waals surface area contributed by atoms with E-state index >= 15 is 0 Å². The van der Waals surface area contributed by atoms with Gasteiger partial charge in [-0.25, -0.2) is 13.1 Å². The molecule has 0 spiro atoms. The second-order valence-corrected chi connectivity index (χ2v) is 7.31. The first-order valence-electron chi connectivity index (χ1n) is 7.04. The Hall–Kier alpha value is -1.20. The van der Waals surface area contributed by atoms with Gasteiger partial charge >= 0.3 is 0 Å². The molecule has 1 aromatic rings. The zero-order valence-electron chi connectivity index (χ0n) is 12.0. The van der Waals surface area contributed by atoms with Gasteiger partial charge < -0.3 is 0 Å². The lowest BCUT2D eigenvalue weighted by Crippen LogP contribution is -2.36. The monoisotopic (exact) mass is 295 g/mol. The first-order valence-corrected chi connectivity index (χ1v) is 8.69. The number of nitrogens with one attached hydrogen (secondary N) is 1. The molecule has 5 heteroatoms. The predicted octanol–water partition coefficient (Wildman–Crippen LogP) is 2.08. The Morgan fingerprint density at radius 1 is 1.30 bits per heavy atom. The molecule has 1 N–H and O–H groups in total. The fourth-order valence-corrected chi connectivity index (χ4v) is 4.03. The van der Waals surface area contributed by atoms with Crippen LogP contribution < -0.4 is 4.72 Å². The topological polar surface area (TPSA) is 63.2 Å². The number of ketones is 1. The Labute approximate surface area is 120 Å². The van der Waals surface area contributed by atoms with E-state index in [-0.39, 0.29) is 17.6 Å². The summed E-state index contributed by atoms with van der Waals surface area (Å²) in [6, 6.07) is 5.56. The van der Waals surface area contributed by atoms with E-state index in [1.165, 1.54) is 0 Å². The van der Waals surface area contributed by atoms with Gasteiger partial charge in [-0.1, -0.05) is 25.5 Å². The summed E-state index contributed by atoms with van der Waals surface area (Å²) in [6.45, 7) is 3.52. The SMILES string of the molecule is CCCCS(=O)(=O)NC1Cc2ccc(C(C)=O)cc2C1. The number of carbonyl (C=O) groups is 1. The summed E-state index contributed by atoms with van der Waals surface area (Å²) in [5.41, 5.74) is 2.91. The van der Waals surface area contributed by atoms with Crippen LogP contribution in [0.15, 0.2) is 18.2 Å². The van der Waals surface area contributed by atoms with Crippen molar-refractivity contribution in [2.75, 3.05) is 5.75 Å². The van der Waals surface area contributed by atoms with Gasteiger partial charge in [0, 0.05) is 11.6 Å². The molecule has 1 atom stereocenters. The lowest BCUT2D eigenvalue weighted by atomic mass is 10.0. The number of carbonyl (C=O) groups excluding carboxylic acids is 1. The molecule has 1 aliphatic rings. The molecule has 1 aliphatic carbocycles. The molecule has 0 amide bonds. The molecule has 0 heterocycles. The molecule has 0 saturated carbocycles. The molecule has 4 nitrogen and oxygen atoms in total. The second kappa shape index (κ2) is 6.06. The maximum Gasteiger partial charge on any atom is 0.211 e. The molecule has 110 valence electrons. The van der Waals surface area contributed by atoms with Gasteiger partial charge in [-0.05, 0) is 43.4 Å². The molecule has 0 radical (unpaired) electrons. The highest BCUT2D eigenvalue weighted by molar-refractivity contribution is 7.89. The molecule has 0 aliphatic heterocycles. The van der Waals surface area contributed by atoms with E-state index in [0.29, 0.717) is 24.8 Å². The Morgan fingerprint density at radius 2 is 2.00 bits per heavy atom. The summed E-state index contributed by atoms with van der Waals surface area (Å²) in [7, 11) is -3.19. The van der Waals surface area contributed by atoms with Gasteiger partial charge in [0.1, 0.15) is 0 Å². The van der Waals surface area contributed by atoms with E-state index in [9.17, 15) is 13.2 Å². The van der Waals surface area contributed by atoms with Crippen molar-refractivity contribution < 1.29 is 13.2 Å². The molecule has 0 bridgehead atoms. The van der Waals surface area contributed by atoms with Crippen LogP contribution in [0, 0.1) is 0 Å². The van der Waals surface area contributed by atoms with Crippen molar-refractivity contribution in [1.82, 2.24) is 4.72 Å². The molecule has 1 aromatic carbocycles. The van der Waals surface area contributed by atoms with Crippen LogP contribution in [-0.2, 0) is 22.9 Å². The van der Waals surface area contributed by atoms with Gasteiger partial charge in [-0.2, -0.15) is 0 Å². The minimum Gasteiger partial charge on any atom is -0.295 e. The third kappa shape index (κ3) is 3.67. The van der Waals surface area contributed by atoms with Crippen LogP contribution in [0.4, 0.5) is 0 Å². The van der Waals surface area contributed by atoms with Gasteiger partial charge in [0.05, 0.1) is 5.75 Å². The highest BCUT2D eigenvalue weighted by atomic mass is 32.2. The van der Waals surface area contributed by atoms with E-state index in [1.54, 1.807) is 6.92 Å². The minimum absolute atomic E-state index is 0.0415. The number of hydrogen-bond acceptors (Lipinski definition) is 3. The van der Waals surface area contributed by atoms with Crippen molar-refractivity contribution in [3.8, 4) is 0 Å². The fourth-order valence-electron chi connectivity index (χ4n) is 2.57. The zero-order chi connectivity index (χ0) is 14.8. The van der Waals surface area contributed by atoms with Gasteiger partial charge in [-0.15, -0.1) is 0 Å². The van der Waals surface area contributed by atoms with E-state index in [4.69, 9.17) is 0 Å². The number of fused-ring (bicyclic) bond motifs is 1. The van der Waals surface area contributed by atoms with E-state index in [1.807, 2.05) is 25.1 Å². The summed E-state index contributed by atoms with van der Waals surface area (Å²) < 4.78 is 26.6. The standard InChI is InChI=1S/C15H21NO3S/c1-3-4-7-20(18,19)16-15-9-13-6-5-12(11(2)17)8-14(13)10-15/h5-6,8,15-16H,3-4,7,9-10H2,1-2H3. The van der Waals surface area contributed by atoms with Gasteiger partial charge in [-0.3, -0.25) is 4.79 Å². The third-order valence-corrected chi connectivity index (χ3v) is 5.18. The van der Waals surface area contributed by atoms with Crippen molar-refractivity contribution in [3.63, 3.8) is 0 Å². The molecule has 1 unspecified atom stereocenters. The largest absolute Gasteiger partial charge is 0.295 e. The van der Waals surface area contributed by atoms with Crippen molar-refractivity contribution in [2.45, 2.75) is 45.6 Å². The number of Topliss-reactive ketones (excluding diaryl/α,β-unsaturated/α-hetero) is 1. The van der Waals surface area contributed by atoms with Crippen LogP contribution in [0.2, 0.25) is 0 Å². The number of sulfonamides is 1. The van der Waals surface area contributed by atoms with E-state index < -0.39 is 10.0 Å². The Bertz CT molecular complexity index is 608. The summed E-state index contributed by atoms with van der Waals surface area (Å²) >= 11 is 0. The normalized spacial score (nSPS) is 18.0. The van der Waals surface area contributed by atoms with Gasteiger partial charge in [0.25, 0.3) is 0 Å². The highest BCUT2D eigenvalue weighted by Crippen LogP contribution is 2.24. The van der Waals surface area contributed by atoms with E-state index in [2.05, 4.69) is 4.72 Å². The quantitative estimate of drug-likeness (QED) is 0.817. The van der Waals surface area contributed by atoms with Crippen molar-refractivity contribution in [2.24, 2.45) is 0 Å². The molecule has 0 saturated heterocycles. The number of rotatable bonds is 6. The molecular weight excluding hydrogens is 274 g/mol. The van der Waals surface area contributed by atoms with Gasteiger partial charge in [0.15, 0.2) is 5.78 Å². The van der Waals surface area contributed by atoms with Crippen molar-refractivity contribution >= 4 is 15.8 Å². The van der Waals surface area contributed by atoms with Crippen LogP contribution in [-0.4, -0.2) is 26.0 Å². The average Bonchev–Trinajstić information content (AvgIpc) is 2.76. The van der Waals surface area contributed by atoms with Crippen LogP contribution in [0.5, 0.6) is 0 Å². The maximum absolute atomic E-state index is 11.9. The summed E-state index contributed by atoms with van der Waals surface area (Å²) in [5, 5.41) is 0. The maximum atomic E-state index is 11.9. The van der Waals surface area contributed by atoms with Crippen molar-refractivity contribution in [1.29, 1.82) is 0 Å². The van der Waals surface area contributed by atoms with Crippen molar-refractivity contribution in [3.05, 3.63) is 34.9 Å². The number of benzene rings is 1. The van der Waals surface area contributed by atoms with Gasteiger partial charge in [0.2, 0.25) is 10.0 Å². The van der Waals surface area contributed by atoms with Crippen LogP contribution >= 0.6 is 0 Å². The minimum atomic E-state index is -3.19. The summed E-state index contributed by atoms with van der Waals surface area (Å²) in [6.07, 6.45) is 2.93. The third-order valence-electron chi connectivity index (χ3n) is 3.66. The smallest absolute Gasteiger partial charge is 0.211 e. The first kappa shape index (κ1) is 15.2. The molecule has 20 heavy (non-hydrogen) atoms. The Kier molecular flexibility index (Phi) is 4.60. The lowest BCUT2D eigenvalue weighted by Gasteiger charge is -2.12. The molecule has 0 fully saturated rings. The molecule has 0 aromatic heterocycles.